The van der Waals surface area contributed by atoms with Crippen LogP contribution in [0.5, 0.6) is 0 Å². The number of amides is 2. The molecule has 1 heterocycles. The minimum absolute atomic E-state index is 0.0330. The lowest BCUT2D eigenvalue weighted by Gasteiger charge is -2.32. The van der Waals surface area contributed by atoms with Crippen molar-refractivity contribution >= 4 is 17.5 Å². The summed E-state index contributed by atoms with van der Waals surface area (Å²) in [5, 5.41) is 3.28. The van der Waals surface area contributed by atoms with Gasteiger partial charge < -0.3 is 15.1 Å². The predicted octanol–water partition coefficient (Wildman–Crippen LogP) is 1.88. The van der Waals surface area contributed by atoms with Crippen LogP contribution in [-0.2, 0) is 4.79 Å². The van der Waals surface area contributed by atoms with E-state index in [1.54, 1.807) is 11.9 Å². The highest BCUT2D eigenvalue weighted by atomic mass is 16.2. The number of carbonyl (C=O) groups is 2. The fourth-order valence-corrected chi connectivity index (χ4v) is 3.21. The molecule has 1 saturated heterocycles. The van der Waals surface area contributed by atoms with E-state index >= 15 is 0 Å². The number of hydrogen-bond donors (Lipinski definition) is 1. The maximum absolute atomic E-state index is 12.9. The number of nitrogens with one attached hydrogen (secondary N) is 1. The van der Waals surface area contributed by atoms with E-state index in [1.807, 2.05) is 36.2 Å². The SMILES string of the molecule is CNC1CCN(C(=O)c2ccccc2N(C)C(=O)C2CC2)CC1. The van der Waals surface area contributed by atoms with Crippen LogP contribution in [0, 0.1) is 5.92 Å². The van der Waals surface area contributed by atoms with Gasteiger partial charge in [-0.3, -0.25) is 9.59 Å². The van der Waals surface area contributed by atoms with Gasteiger partial charge in [-0.2, -0.15) is 0 Å². The van der Waals surface area contributed by atoms with Crippen LogP contribution in [0.4, 0.5) is 5.69 Å². The number of carbonyl (C=O) groups excluding carboxylic acids is 2. The molecule has 0 unspecified atom stereocenters. The number of hydrogen-bond acceptors (Lipinski definition) is 3. The van der Waals surface area contributed by atoms with Crippen molar-refractivity contribution in [2.24, 2.45) is 5.92 Å². The van der Waals surface area contributed by atoms with Gasteiger partial charge in [0, 0.05) is 32.1 Å². The van der Waals surface area contributed by atoms with E-state index in [1.165, 1.54) is 0 Å². The molecule has 23 heavy (non-hydrogen) atoms. The largest absolute Gasteiger partial charge is 0.338 e. The van der Waals surface area contributed by atoms with E-state index in [-0.39, 0.29) is 17.7 Å². The minimum Gasteiger partial charge on any atom is -0.338 e. The van der Waals surface area contributed by atoms with Crippen LogP contribution >= 0.6 is 0 Å². The Morgan fingerprint density at radius 1 is 1.13 bits per heavy atom. The van der Waals surface area contributed by atoms with E-state index in [2.05, 4.69) is 5.32 Å². The fraction of sp³-hybridized carbons (Fsp3) is 0.556. The summed E-state index contributed by atoms with van der Waals surface area (Å²) in [7, 11) is 3.75. The first-order valence-electron chi connectivity index (χ1n) is 8.45. The Balaban J connectivity index is 1.77. The van der Waals surface area contributed by atoms with Crippen molar-refractivity contribution < 1.29 is 9.59 Å². The number of rotatable bonds is 4. The molecular weight excluding hydrogens is 290 g/mol. The Labute approximate surface area is 137 Å². The first-order valence-corrected chi connectivity index (χ1v) is 8.45. The van der Waals surface area contributed by atoms with Crippen LogP contribution in [-0.4, -0.2) is 49.9 Å². The smallest absolute Gasteiger partial charge is 0.255 e. The number of anilines is 1. The number of benzene rings is 1. The lowest BCUT2D eigenvalue weighted by atomic mass is 10.0. The van der Waals surface area contributed by atoms with Crippen LogP contribution in [0.3, 0.4) is 0 Å². The van der Waals surface area contributed by atoms with Gasteiger partial charge in [0.2, 0.25) is 5.91 Å². The first-order chi connectivity index (χ1) is 11.1. The highest BCUT2D eigenvalue weighted by molar-refractivity contribution is 6.05. The summed E-state index contributed by atoms with van der Waals surface area (Å²) >= 11 is 0. The molecule has 0 aromatic heterocycles. The van der Waals surface area contributed by atoms with Gasteiger partial charge in [-0.15, -0.1) is 0 Å². The lowest BCUT2D eigenvalue weighted by molar-refractivity contribution is -0.119. The van der Waals surface area contributed by atoms with Crippen molar-refractivity contribution in [2.45, 2.75) is 31.7 Å². The maximum Gasteiger partial charge on any atom is 0.255 e. The summed E-state index contributed by atoms with van der Waals surface area (Å²) in [5.74, 6) is 0.305. The highest BCUT2D eigenvalue weighted by Gasteiger charge is 2.34. The Morgan fingerprint density at radius 2 is 1.78 bits per heavy atom. The molecule has 0 radical (unpaired) electrons. The van der Waals surface area contributed by atoms with E-state index in [4.69, 9.17) is 0 Å². The molecule has 5 heteroatoms. The monoisotopic (exact) mass is 315 g/mol. The second-order valence-electron chi connectivity index (χ2n) is 6.54. The van der Waals surface area contributed by atoms with Gasteiger partial charge >= 0.3 is 0 Å². The van der Waals surface area contributed by atoms with Gasteiger partial charge in [0.25, 0.3) is 5.91 Å². The van der Waals surface area contributed by atoms with Crippen molar-refractivity contribution in [2.75, 3.05) is 32.1 Å². The van der Waals surface area contributed by atoms with Gasteiger partial charge in [-0.05, 0) is 44.9 Å². The highest BCUT2D eigenvalue weighted by Crippen LogP contribution is 2.33. The summed E-state index contributed by atoms with van der Waals surface area (Å²) in [4.78, 5) is 28.8. The van der Waals surface area contributed by atoms with Crippen molar-refractivity contribution in [1.82, 2.24) is 10.2 Å². The number of nitrogens with zero attached hydrogens (tertiary/aromatic N) is 2. The Morgan fingerprint density at radius 3 is 2.39 bits per heavy atom. The molecule has 1 N–H and O–H groups in total. The molecule has 2 aliphatic rings. The van der Waals surface area contributed by atoms with E-state index in [0.29, 0.717) is 11.6 Å². The molecule has 1 aromatic rings. The van der Waals surface area contributed by atoms with Crippen molar-refractivity contribution in [1.29, 1.82) is 0 Å². The second-order valence-corrected chi connectivity index (χ2v) is 6.54. The van der Waals surface area contributed by atoms with Crippen LogP contribution in [0.25, 0.3) is 0 Å². The summed E-state index contributed by atoms with van der Waals surface area (Å²) in [5.41, 5.74) is 1.36. The fourth-order valence-electron chi connectivity index (χ4n) is 3.21. The number of likely N-dealkylation sites (tertiary alicyclic amines) is 1. The average Bonchev–Trinajstić information content (AvgIpc) is 3.45. The molecule has 2 amide bonds. The van der Waals surface area contributed by atoms with Crippen LogP contribution in [0.1, 0.15) is 36.0 Å². The molecule has 0 spiro atoms. The van der Waals surface area contributed by atoms with Crippen LogP contribution in [0.2, 0.25) is 0 Å². The standard InChI is InChI=1S/C18H25N3O2/c1-19-14-9-11-21(12-10-14)18(23)15-5-3-4-6-16(15)20(2)17(22)13-7-8-13/h3-6,13-14,19H,7-12H2,1-2H3. The summed E-state index contributed by atoms with van der Waals surface area (Å²) in [6, 6.07) is 7.95. The van der Waals surface area contributed by atoms with Gasteiger partial charge in [0.05, 0.1) is 11.3 Å². The normalized spacial score (nSPS) is 18.8. The maximum atomic E-state index is 12.9. The Bertz CT molecular complexity index is 590. The zero-order valence-corrected chi connectivity index (χ0v) is 13.9. The molecule has 1 aromatic carbocycles. The summed E-state index contributed by atoms with van der Waals surface area (Å²) < 4.78 is 0. The quantitative estimate of drug-likeness (QED) is 0.923. The molecule has 0 bridgehead atoms. The first kappa shape index (κ1) is 16.0. The molecule has 1 aliphatic heterocycles. The number of para-hydroxylation sites is 1. The van der Waals surface area contributed by atoms with E-state index in [0.717, 1.165) is 44.5 Å². The third-order valence-corrected chi connectivity index (χ3v) is 4.94. The molecule has 1 aliphatic carbocycles. The minimum atomic E-state index is 0.0330. The van der Waals surface area contributed by atoms with Crippen LogP contribution in [0.15, 0.2) is 24.3 Å². The molecule has 1 saturated carbocycles. The van der Waals surface area contributed by atoms with Crippen LogP contribution < -0.4 is 10.2 Å². The summed E-state index contributed by atoms with van der Waals surface area (Å²) in [6.45, 7) is 1.53. The second kappa shape index (κ2) is 6.71. The van der Waals surface area contributed by atoms with Crippen molar-refractivity contribution in [3.8, 4) is 0 Å². The lowest BCUT2D eigenvalue weighted by Crippen LogP contribution is -2.44. The van der Waals surface area contributed by atoms with Gasteiger partial charge in [0.15, 0.2) is 0 Å². The average molecular weight is 315 g/mol. The van der Waals surface area contributed by atoms with Gasteiger partial charge in [0.1, 0.15) is 0 Å². The van der Waals surface area contributed by atoms with Gasteiger partial charge in [-0.1, -0.05) is 12.1 Å². The Hall–Kier alpha value is -1.88. The molecular formula is C18H25N3O2. The number of piperidine rings is 1. The zero-order chi connectivity index (χ0) is 16.4. The third-order valence-electron chi connectivity index (χ3n) is 4.94. The molecule has 5 nitrogen and oxygen atoms in total. The topological polar surface area (TPSA) is 52.7 Å². The predicted molar refractivity (Wildman–Crippen MR) is 90.6 cm³/mol. The van der Waals surface area contributed by atoms with Crippen molar-refractivity contribution in [3.05, 3.63) is 29.8 Å². The molecule has 0 atom stereocenters. The molecule has 3 rings (SSSR count). The zero-order valence-electron chi connectivity index (χ0n) is 13.9. The molecule has 124 valence electrons. The van der Waals surface area contributed by atoms with E-state index in [9.17, 15) is 9.59 Å². The van der Waals surface area contributed by atoms with Crippen molar-refractivity contribution in [3.63, 3.8) is 0 Å². The third kappa shape index (κ3) is 3.39. The van der Waals surface area contributed by atoms with Gasteiger partial charge in [-0.25, -0.2) is 0 Å². The Kier molecular flexibility index (Phi) is 4.66. The van der Waals surface area contributed by atoms with E-state index < -0.39 is 0 Å². The molecule has 2 fully saturated rings. The summed E-state index contributed by atoms with van der Waals surface area (Å²) in [6.07, 6.45) is 3.89.